The predicted octanol–water partition coefficient (Wildman–Crippen LogP) is 3.24. The maximum Gasteiger partial charge on any atom is 0.330 e. The second kappa shape index (κ2) is 10.9. The fourth-order valence-corrected chi connectivity index (χ4v) is 0.906. The number of hydrogen-bond acceptors (Lipinski definition) is 2. The highest BCUT2D eigenvalue weighted by atomic mass is 16.4. The lowest BCUT2D eigenvalue weighted by atomic mass is 10.1. The summed E-state index contributed by atoms with van der Waals surface area (Å²) in [6.07, 6.45) is 4.00. The molecule has 0 fully saturated rings. The molecule has 17 heavy (non-hydrogen) atoms. The number of hydrogen-bond donors (Lipinski definition) is 2. The van der Waals surface area contributed by atoms with Crippen LogP contribution in [0.2, 0.25) is 0 Å². The fraction of sp³-hybridized carbons (Fsp3) is 0.538. The predicted molar refractivity (Wildman–Crippen MR) is 68.0 cm³/mol. The molecule has 0 radical (unpaired) electrons. The van der Waals surface area contributed by atoms with Gasteiger partial charge in [0.1, 0.15) is 0 Å². The van der Waals surface area contributed by atoms with Crippen molar-refractivity contribution in [3.63, 3.8) is 0 Å². The Balaban J connectivity index is 0. The molecular formula is C13H22O4. The second-order valence-corrected chi connectivity index (χ2v) is 3.67. The van der Waals surface area contributed by atoms with Crippen molar-refractivity contribution in [3.05, 3.63) is 24.3 Å². The molecule has 4 nitrogen and oxygen atoms in total. The monoisotopic (exact) mass is 242 g/mol. The lowest BCUT2D eigenvalue weighted by molar-refractivity contribution is -0.133. The number of unbranched alkanes of at least 4 members (excludes halogenated alkanes) is 1. The van der Waals surface area contributed by atoms with E-state index >= 15 is 0 Å². The van der Waals surface area contributed by atoms with Gasteiger partial charge in [0.25, 0.3) is 0 Å². The van der Waals surface area contributed by atoms with Crippen LogP contribution in [0.25, 0.3) is 0 Å². The zero-order valence-electron chi connectivity index (χ0n) is 10.7. The third kappa shape index (κ3) is 12.4. The van der Waals surface area contributed by atoms with E-state index in [0.29, 0.717) is 24.0 Å². The molecule has 0 aliphatic rings. The lowest BCUT2D eigenvalue weighted by Crippen LogP contribution is -1.97. The summed E-state index contributed by atoms with van der Waals surface area (Å²) >= 11 is 0. The molecule has 0 aromatic carbocycles. The van der Waals surface area contributed by atoms with E-state index in [1.165, 1.54) is 0 Å². The Morgan fingerprint density at radius 2 is 1.29 bits per heavy atom. The normalized spacial score (nSPS) is 8.82. The second-order valence-electron chi connectivity index (χ2n) is 3.67. The van der Waals surface area contributed by atoms with Crippen molar-refractivity contribution in [2.75, 3.05) is 0 Å². The average molecular weight is 242 g/mol. The zero-order chi connectivity index (χ0) is 13.8. The molecule has 0 amide bonds. The minimum Gasteiger partial charge on any atom is -0.478 e. The summed E-state index contributed by atoms with van der Waals surface area (Å²) in [5, 5.41) is 16.5. The number of carboxylic acids is 2. The fourth-order valence-electron chi connectivity index (χ4n) is 0.906. The Morgan fingerprint density at radius 1 is 0.882 bits per heavy atom. The summed E-state index contributed by atoms with van der Waals surface area (Å²) in [7, 11) is 0. The quantitative estimate of drug-likeness (QED) is 0.672. The third-order valence-corrected chi connectivity index (χ3v) is 1.99. The molecule has 0 rings (SSSR count). The molecule has 0 saturated heterocycles. The van der Waals surface area contributed by atoms with E-state index in [4.69, 9.17) is 10.2 Å². The van der Waals surface area contributed by atoms with Gasteiger partial charge in [-0.25, -0.2) is 9.59 Å². The van der Waals surface area contributed by atoms with Gasteiger partial charge in [-0.1, -0.05) is 39.8 Å². The van der Waals surface area contributed by atoms with Gasteiger partial charge in [-0.3, -0.25) is 0 Å². The Morgan fingerprint density at radius 3 is 1.53 bits per heavy atom. The van der Waals surface area contributed by atoms with Gasteiger partial charge in [-0.05, 0) is 19.3 Å². The summed E-state index contributed by atoms with van der Waals surface area (Å²) in [5.74, 6) is -1.75. The molecule has 0 bridgehead atoms. The van der Waals surface area contributed by atoms with E-state index in [-0.39, 0.29) is 0 Å². The zero-order valence-corrected chi connectivity index (χ0v) is 10.7. The Hall–Kier alpha value is -1.58. The van der Waals surface area contributed by atoms with E-state index < -0.39 is 11.9 Å². The highest BCUT2D eigenvalue weighted by Gasteiger charge is 2.00. The van der Waals surface area contributed by atoms with Gasteiger partial charge in [0.05, 0.1) is 0 Å². The standard InChI is InChI=1S/C7H12O2.C6H10O2/c1-3-4-5-6(2)7(8)9;1-3-4-5(2)6(7)8/h2-5H2,1H3,(H,8,9);2-4H2,1H3,(H,7,8). The largest absolute Gasteiger partial charge is 0.478 e. The van der Waals surface area contributed by atoms with Gasteiger partial charge in [-0.15, -0.1) is 0 Å². The molecular weight excluding hydrogens is 220 g/mol. The molecule has 0 aromatic heterocycles. The van der Waals surface area contributed by atoms with Gasteiger partial charge in [-0.2, -0.15) is 0 Å². The molecule has 2 N–H and O–H groups in total. The number of carbonyl (C=O) groups is 2. The van der Waals surface area contributed by atoms with Crippen molar-refractivity contribution in [2.45, 2.75) is 46.0 Å². The summed E-state index contributed by atoms with van der Waals surface area (Å²) in [5.41, 5.74) is 0.615. The van der Waals surface area contributed by atoms with E-state index in [2.05, 4.69) is 13.2 Å². The van der Waals surface area contributed by atoms with Gasteiger partial charge >= 0.3 is 11.9 Å². The molecule has 0 heterocycles. The molecule has 0 spiro atoms. The highest BCUT2D eigenvalue weighted by Crippen LogP contribution is 2.03. The van der Waals surface area contributed by atoms with Crippen LogP contribution in [-0.4, -0.2) is 22.2 Å². The summed E-state index contributed by atoms with van der Waals surface area (Å²) in [6.45, 7) is 10.7. The van der Waals surface area contributed by atoms with Crippen molar-refractivity contribution in [2.24, 2.45) is 0 Å². The van der Waals surface area contributed by atoms with Crippen LogP contribution in [0.1, 0.15) is 46.0 Å². The van der Waals surface area contributed by atoms with Crippen molar-refractivity contribution in [3.8, 4) is 0 Å². The average Bonchev–Trinajstić information content (AvgIpc) is 2.26. The topological polar surface area (TPSA) is 74.6 Å². The SMILES string of the molecule is C=C(CCC)C(=O)O.C=C(CCCC)C(=O)O. The highest BCUT2D eigenvalue weighted by molar-refractivity contribution is 5.85. The van der Waals surface area contributed by atoms with Gasteiger partial charge < -0.3 is 10.2 Å². The minimum atomic E-state index is -0.883. The molecule has 0 atom stereocenters. The van der Waals surface area contributed by atoms with Gasteiger partial charge in [0, 0.05) is 11.1 Å². The third-order valence-electron chi connectivity index (χ3n) is 1.99. The van der Waals surface area contributed by atoms with E-state index in [1.807, 2.05) is 13.8 Å². The number of carboxylic acid groups (broad SMARTS) is 2. The lowest BCUT2D eigenvalue weighted by Gasteiger charge is -1.95. The Kier molecular flexibility index (Phi) is 11.4. The van der Waals surface area contributed by atoms with Crippen molar-refractivity contribution < 1.29 is 19.8 Å². The molecule has 0 aliphatic carbocycles. The maximum absolute atomic E-state index is 10.1. The Labute approximate surface area is 103 Å². The van der Waals surface area contributed by atoms with E-state index in [9.17, 15) is 9.59 Å². The smallest absolute Gasteiger partial charge is 0.330 e. The molecule has 0 aromatic rings. The molecule has 0 saturated carbocycles. The first-order chi connectivity index (χ1) is 7.86. The molecule has 0 unspecified atom stereocenters. The van der Waals surface area contributed by atoms with Crippen molar-refractivity contribution >= 4 is 11.9 Å². The van der Waals surface area contributed by atoms with Crippen LogP contribution in [0, 0.1) is 0 Å². The first-order valence-electron chi connectivity index (χ1n) is 5.68. The van der Waals surface area contributed by atoms with Gasteiger partial charge in [0.2, 0.25) is 0 Å². The summed E-state index contributed by atoms with van der Waals surface area (Å²) in [6, 6.07) is 0. The molecule has 0 aliphatic heterocycles. The summed E-state index contributed by atoms with van der Waals surface area (Å²) < 4.78 is 0. The number of aliphatic carboxylic acids is 2. The Bertz CT molecular complexity index is 279. The molecule has 98 valence electrons. The van der Waals surface area contributed by atoms with Crippen LogP contribution in [0.5, 0.6) is 0 Å². The minimum absolute atomic E-state index is 0.299. The van der Waals surface area contributed by atoms with Crippen LogP contribution in [-0.2, 0) is 9.59 Å². The van der Waals surface area contributed by atoms with Crippen LogP contribution in [0.15, 0.2) is 24.3 Å². The maximum atomic E-state index is 10.1. The van der Waals surface area contributed by atoms with Crippen LogP contribution >= 0.6 is 0 Å². The summed E-state index contributed by atoms with van der Waals surface area (Å²) in [4.78, 5) is 20.1. The van der Waals surface area contributed by atoms with E-state index in [1.54, 1.807) is 0 Å². The first-order valence-corrected chi connectivity index (χ1v) is 5.68. The van der Waals surface area contributed by atoms with Crippen molar-refractivity contribution in [1.29, 1.82) is 0 Å². The van der Waals surface area contributed by atoms with Crippen LogP contribution in [0.4, 0.5) is 0 Å². The van der Waals surface area contributed by atoms with Crippen molar-refractivity contribution in [1.82, 2.24) is 0 Å². The van der Waals surface area contributed by atoms with Crippen LogP contribution < -0.4 is 0 Å². The van der Waals surface area contributed by atoms with E-state index in [0.717, 1.165) is 19.3 Å². The molecule has 4 heteroatoms. The number of rotatable bonds is 7. The van der Waals surface area contributed by atoms with Crippen LogP contribution in [0.3, 0.4) is 0 Å². The van der Waals surface area contributed by atoms with Gasteiger partial charge in [0.15, 0.2) is 0 Å². The first kappa shape index (κ1) is 17.8.